The molecule has 0 radical (unpaired) electrons. The van der Waals surface area contributed by atoms with E-state index in [2.05, 4.69) is 10.6 Å². The van der Waals surface area contributed by atoms with Crippen molar-refractivity contribution in [2.24, 2.45) is 0 Å². The summed E-state index contributed by atoms with van der Waals surface area (Å²) in [6.45, 7) is 0.469. The molecule has 6 nitrogen and oxygen atoms in total. The van der Waals surface area contributed by atoms with Gasteiger partial charge in [-0.3, -0.25) is 9.59 Å². The van der Waals surface area contributed by atoms with Crippen molar-refractivity contribution in [1.82, 2.24) is 10.6 Å². The minimum atomic E-state index is -0.366. The second kappa shape index (κ2) is 9.31. The Morgan fingerprint density at radius 3 is 2.04 bits per heavy atom. The highest BCUT2D eigenvalue weighted by molar-refractivity contribution is 6.35. The summed E-state index contributed by atoms with van der Waals surface area (Å²) in [6, 6.07) is 9.51. The summed E-state index contributed by atoms with van der Waals surface area (Å²) in [7, 11) is 3.01. The maximum Gasteiger partial charge on any atom is 0.252 e. The number of methoxy groups -OCH3 is 2. The number of amides is 2. The van der Waals surface area contributed by atoms with Gasteiger partial charge >= 0.3 is 0 Å². The van der Waals surface area contributed by atoms with Gasteiger partial charge in [0.05, 0.1) is 24.8 Å². The first-order valence-electron chi connectivity index (χ1n) is 7.69. The summed E-state index contributed by atoms with van der Waals surface area (Å²) in [6.07, 6.45) is 0. The van der Waals surface area contributed by atoms with Crippen molar-refractivity contribution in [2.75, 3.05) is 27.3 Å². The molecule has 2 aromatic carbocycles. The topological polar surface area (TPSA) is 76.7 Å². The fraction of sp³-hybridized carbons (Fsp3) is 0.222. The van der Waals surface area contributed by atoms with Crippen molar-refractivity contribution in [3.63, 3.8) is 0 Å². The molecule has 0 aliphatic carbocycles. The number of ether oxygens (including phenoxy) is 2. The Hall–Kier alpha value is -2.44. The molecule has 0 unspecified atom stereocenters. The molecule has 2 rings (SSSR count). The van der Waals surface area contributed by atoms with Gasteiger partial charge in [-0.1, -0.05) is 23.2 Å². The van der Waals surface area contributed by atoms with Crippen molar-refractivity contribution < 1.29 is 19.1 Å². The van der Waals surface area contributed by atoms with Crippen molar-refractivity contribution in [3.8, 4) is 11.5 Å². The molecule has 0 saturated carbocycles. The smallest absolute Gasteiger partial charge is 0.252 e. The summed E-state index contributed by atoms with van der Waals surface area (Å²) in [5, 5.41) is 6.10. The fourth-order valence-electron chi connectivity index (χ4n) is 2.16. The Morgan fingerprint density at radius 2 is 1.46 bits per heavy atom. The average molecular weight is 397 g/mol. The van der Waals surface area contributed by atoms with Gasteiger partial charge in [-0.05, 0) is 30.3 Å². The van der Waals surface area contributed by atoms with Gasteiger partial charge in [-0.2, -0.15) is 0 Å². The molecule has 0 saturated heterocycles. The monoisotopic (exact) mass is 396 g/mol. The van der Waals surface area contributed by atoms with Gasteiger partial charge < -0.3 is 20.1 Å². The fourth-order valence-corrected chi connectivity index (χ4v) is 2.53. The number of hydrogen-bond donors (Lipinski definition) is 2. The SMILES string of the molecule is COc1cc(OC)cc(C(=O)NCCNC(=O)c2cc(Cl)ccc2Cl)c1. The molecular formula is C18H18Cl2N2O4. The first-order chi connectivity index (χ1) is 12.4. The number of carbonyl (C=O) groups excluding carboxylic acids is 2. The van der Waals surface area contributed by atoms with Gasteiger partial charge in [0.15, 0.2) is 0 Å². The molecule has 0 aromatic heterocycles. The van der Waals surface area contributed by atoms with Crippen molar-refractivity contribution >= 4 is 35.0 Å². The molecule has 0 aliphatic heterocycles. The largest absolute Gasteiger partial charge is 0.497 e. The van der Waals surface area contributed by atoms with E-state index in [0.29, 0.717) is 27.1 Å². The van der Waals surface area contributed by atoms with E-state index in [4.69, 9.17) is 32.7 Å². The predicted octanol–water partition coefficient (Wildman–Crippen LogP) is 3.17. The second-order valence-electron chi connectivity index (χ2n) is 5.24. The molecule has 0 fully saturated rings. The molecule has 138 valence electrons. The third-order valence-electron chi connectivity index (χ3n) is 3.48. The number of hydrogen-bond acceptors (Lipinski definition) is 4. The number of rotatable bonds is 7. The first-order valence-corrected chi connectivity index (χ1v) is 8.44. The van der Waals surface area contributed by atoms with Crippen LogP contribution in [0.3, 0.4) is 0 Å². The molecule has 2 aromatic rings. The Morgan fingerprint density at radius 1 is 0.885 bits per heavy atom. The van der Waals surface area contributed by atoms with E-state index >= 15 is 0 Å². The lowest BCUT2D eigenvalue weighted by atomic mass is 10.2. The molecule has 0 bridgehead atoms. The third kappa shape index (κ3) is 5.28. The van der Waals surface area contributed by atoms with Crippen molar-refractivity contribution in [2.45, 2.75) is 0 Å². The van der Waals surface area contributed by atoms with E-state index in [1.165, 1.54) is 20.3 Å². The minimum absolute atomic E-state index is 0.231. The zero-order valence-corrected chi connectivity index (χ0v) is 15.8. The maximum absolute atomic E-state index is 12.2. The normalized spacial score (nSPS) is 10.2. The summed E-state index contributed by atoms with van der Waals surface area (Å²) in [4.78, 5) is 24.3. The van der Waals surface area contributed by atoms with Gasteiger partial charge in [-0.15, -0.1) is 0 Å². The number of benzene rings is 2. The van der Waals surface area contributed by atoms with E-state index in [1.807, 2.05) is 0 Å². The molecule has 0 spiro atoms. The molecule has 2 amide bonds. The second-order valence-corrected chi connectivity index (χ2v) is 6.08. The van der Waals surface area contributed by atoms with Crippen LogP contribution in [-0.2, 0) is 0 Å². The van der Waals surface area contributed by atoms with Crippen molar-refractivity contribution in [1.29, 1.82) is 0 Å². The first kappa shape index (κ1) is 19.9. The Labute approximate surface area is 161 Å². The Bertz CT molecular complexity index is 790. The van der Waals surface area contributed by atoms with Crippen molar-refractivity contribution in [3.05, 3.63) is 57.6 Å². The van der Waals surface area contributed by atoms with E-state index < -0.39 is 0 Å². The van der Waals surface area contributed by atoms with E-state index in [0.717, 1.165) is 0 Å². The molecule has 0 heterocycles. The van der Waals surface area contributed by atoms with Crippen LogP contribution >= 0.6 is 23.2 Å². The predicted molar refractivity (Wildman–Crippen MR) is 101 cm³/mol. The molecule has 2 N–H and O–H groups in total. The zero-order valence-electron chi connectivity index (χ0n) is 14.3. The van der Waals surface area contributed by atoms with Crippen LogP contribution in [0.25, 0.3) is 0 Å². The van der Waals surface area contributed by atoms with Crippen LogP contribution in [0.15, 0.2) is 36.4 Å². The molecule has 26 heavy (non-hydrogen) atoms. The van der Waals surface area contributed by atoms with Crippen LogP contribution in [0.2, 0.25) is 10.0 Å². The maximum atomic E-state index is 12.2. The van der Waals surface area contributed by atoms with Crippen LogP contribution in [0, 0.1) is 0 Å². The molecular weight excluding hydrogens is 379 g/mol. The Balaban J connectivity index is 1.89. The minimum Gasteiger partial charge on any atom is -0.497 e. The highest BCUT2D eigenvalue weighted by Crippen LogP contribution is 2.22. The summed E-state index contributed by atoms with van der Waals surface area (Å²) < 4.78 is 10.3. The van der Waals surface area contributed by atoms with Gasteiger partial charge in [-0.25, -0.2) is 0 Å². The van der Waals surface area contributed by atoms with Gasteiger partial charge in [0.2, 0.25) is 0 Å². The number of carbonyl (C=O) groups is 2. The van der Waals surface area contributed by atoms with Crippen LogP contribution < -0.4 is 20.1 Å². The zero-order chi connectivity index (χ0) is 19.1. The van der Waals surface area contributed by atoms with Gasteiger partial charge in [0.25, 0.3) is 11.8 Å². The van der Waals surface area contributed by atoms with Crippen LogP contribution in [0.5, 0.6) is 11.5 Å². The summed E-state index contributed by atoms with van der Waals surface area (Å²) >= 11 is 11.8. The van der Waals surface area contributed by atoms with Crippen LogP contribution in [-0.4, -0.2) is 39.1 Å². The molecule has 0 aliphatic rings. The summed E-state index contributed by atoms with van der Waals surface area (Å²) in [5.74, 6) is 0.351. The third-order valence-corrected chi connectivity index (χ3v) is 4.05. The highest BCUT2D eigenvalue weighted by atomic mass is 35.5. The molecule has 0 atom stereocenters. The van der Waals surface area contributed by atoms with E-state index in [-0.39, 0.29) is 30.5 Å². The van der Waals surface area contributed by atoms with E-state index in [1.54, 1.807) is 30.3 Å². The standard InChI is InChI=1S/C18H18Cl2N2O4/c1-25-13-7-11(8-14(10-13)26-2)17(23)21-5-6-22-18(24)15-9-12(19)3-4-16(15)20/h3-4,7-10H,5-6H2,1-2H3,(H,21,23)(H,22,24). The Kier molecular flexibility index (Phi) is 7.12. The lowest BCUT2D eigenvalue weighted by Gasteiger charge is -2.10. The lowest BCUT2D eigenvalue weighted by molar-refractivity contribution is 0.0927. The van der Waals surface area contributed by atoms with Crippen LogP contribution in [0.4, 0.5) is 0 Å². The quantitative estimate of drug-likeness (QED) is 0.704. The summed E-state index contributed by atoms with van der Waals surface area (Å²) in [5.41, 5.74) is 0.674. The van der Waals surface area contributed by atoms with Gasteiger partial charge in [0, 0.05) is 29.7 Å². The number of nitrogens with one attached hydrogen (secondary N) is 2. The molecule has 8 heteroatoms. The average Bonchev–Trinajstić information content (AvgIpc) is 2.66. The lowest BCUT2D eigenvalue weighted by Crippen LogP contribution is -2.34. The van der Waals surface area contributed by atoms with E-state index in [9.17, 15) is 9.59 Å². The van der Waals surface area contributed by atoms with Gasteiger partial charge in [0.1, 0.15) is 11.5 Å². The highest BCUT2D eigenvalue weighted by Gasteiger charge is 2.12. The number of halogens is 2. The van der Waals surface area contributed by atoms with Crippen LogP contribution in [0.1, 0.15) is 20.7 Å².